The van der Waals surface area contributed by atoms with Gasteiger partial charge in [-0.1, -0.05) is 24.3 Å². The quantitative estimate of drug-likeness (QED) is 0.768. The smallest absolute Gasteiger partial charge is 0.222 e. The third-order valence-corrected chi connectivity index (χ3v) is 6.69. The largest absolute Gasteiger partial charge is 0.342 e. The SMILES string of the molecule is Cc1cccc(CN2CCC3(CCC(=O)N(CCc4ccccn4)C3)CC2)c1F. The van der Waals surface area contributed by atoms with Gasteiger partial charge >= 0.3 is 0 Å². The van der Waals surface area contributed by atoms with Crippen LogP contribution in [0.25, 0.3) is 0 Å². The van der Waals surface area contributed by atoms with Gasteiger partial charge in [0.2, 0.25) is 5.91 Å². The fraction of sp³-hybridized carbons (Fsp3) is 0.500. The Bertz CT molecular complexity index is 846. The number of piperidine rings is 2. The zero-order valence-corrected chi connectivity index (χ0v) is 17.2. The molecule has 0 unspecified atom stereocenters. The zero-order valence-electron chi connectivity index (χ0n) is 17.2. The van der Waals surface area contributed by atoms with E-state index in [1.54, 1.807) is 0 Å². The number of hydrogen-bond donors (Lipinski definition) is 0. The first kappa shape index (κ1) is 20.0. The number of likely N-dealkylation sites (tertiary alicyclic amines) is 2. The van der Waals surface area contributed by atoms with Crippen LogP contribution < -0.4 is 0 Å². The molecule has 4 nitrogen and oxygen atoms in total. The molecule has 0 aliphatic carbocycles. The molecule has 3 heterocycles. The third kappa shape index (κ3) is 4.67. The first-order valence-electron chi connectivity index (χ1n) is 10.7. The highest BCUT2D eigenvalue weighted by Gasteiger charge is 2.40. The van der Waals surface area contributed by atoms with Crippen molar-refractivity contribution in [3.8, 4) is 0 Å². The normalized spacial score (nSPS) is 19.7. The van der Waals surface area contributed by atoms with Crippen molar-refractivity contribution < 1.29 is 9.18 Å². The van der Waals surface area contributed by atoms with E-state index in [0.29, 0.717) is 18.5 Å². The highest BCUT2D eigenvalue weighted by molar-refractivity contribution is 5.77. The minimum Gasteiger partial charge on any atom is -0.342 e. The molecule has 5 heteroatoms. The standard InChI is InChI=1S/C24H30FN3O/c1-19-5-4-6-20(23(19)25)17-27-15-11-24(12-16-27)10-8-22(29)28(18-24)14-9-21-7-2-3-13-26-21/h2-7,13H,8-12,14-18H2,1H3. The molecule has 154 valence electrons. The Balaban J connectivity index is 1.33. The Morgan fingerprint density at radius 2 is 1.93 bits per heavy atom. The van der Waals surface area contributed by atoms with E-state index in [4.69, 9.17) is 0 Å². The average Bonchev–Trinajstić information content (AvgIpc) is 2.75. The van der Waals surface area contributed by atoms with Gasteiger partial charge < -0.3 is 4.90 Å². The van der Waals surface area contributed by atoms with Crippen LogP contribution in [0.1, 0.15) is 42.5 Å². The van der Waals surface area contributed by atoms with Crippen LogP contribution in [0.5, 0.6) is 0 Å². The Labute approximate surface area is 172 Å². The maximum Gasteiger partial charge on any atom is 0.222 e. The maximum absolute atomic E-state index is 14.3. The van der Waals surface area contributed by atoms with Crippen LogP contribution in [0.2, 0.25) is 0 Å². The van der Waals surface area contributed by atoms with Gasteiger partial charge in [0.05, 0.1) is 0 Å². The van der Waals surface area contributed by atoms with Crippen molar-refractivity contribution in [1.82, 2.24) is 14.8 Å². The van der Waals surface area contributed by atoms with Gasteiger partial charge in [0.1, 0.15) is 5.82 Å². The zero-order chi connectivity index (χ0) is 20.3. The van der Waals surface area contributed by atoms with Gasteiger partial charge in [-0.25, -0.2) is 4.39 Å². The van der Waals surface area contributed by atoms with E-state index in [1.165, 1.54) is 0 Å². The summed E-state index contributed by atoms with van der Waals surface area (Å²) < 4.78 is 14.3. The third-order valence-electron chi connectivity index (χ3n) is 6.69. The van der Waals surface area contributed by atoms with Crippen molar-refractivity contribution in [1.29, 1.82) is 0 Å². The Hall–Kier alpha value is -2.27. The number of nitrogens with zero attached hydrogens (tertiary/aromatic N) is 3. The number of aromatic nitrogens is 1. The molecular formula is C24H30FN3O. The van der Waals surface area contributed by atoms with Crippen molar-refractivity contribution in [3.63, 3.8) is 0 Å². The molecule has 2 fully saturated rings. The summed E-state index contributed by atoms with van der Waals surface area (Å²) in [6.45, 7) is 6.03. The van der Waals surface area contributed by atoms with Crippen LogP contribution in [0.3, 0.4) is 0 Å². The van der Waals surface area contributed by atoms with Crippen molar-refractivity contribution in [2.24, 2.45) is 5.41 Å². The minimum absolute atomic E-state index is 0.0725. The minimum atomic E-state index is -0.0725. The lowest BCUT2D eigenvalue weighted by Crippen LogP contribution is -2.51. The second-order valence-corrected chi connectivity index (χ2v) is 8.71. The second-order valence-electron chi connectivity index (χ2n) is 8.71. The van der Waals surface area contributed by atoms with Crippen LogP contribution in [-0.4, -0.2) is 46.9 Å². The van der Waals surface area contributed by atoms with Crippen molar-refractivity contribution >= 4 is 5.91 Å². The number of carbonyl (C=O) groups excluding carboxylic acids is 1. The monoisotopic (exact) mass is 395 g/mol. The van der Waals surface area contributed by atoms with Crippen LogP contribution in [0.15, 0.2) is 42.6 Å². The predicted molar refractivity (Wildman–Crippen MR) is 112 cm³/mol. The lowest BCUT2D eigenvalue weighted by molar-refractivity contribution is -0.139. The first-order valence-corrected chi connectivity index (χ1v) is 10.7. The number of rotatable bonds is 5. The first-order chi connectivity index (χ1) is 14.0. The number of carbonyl (C=O) groups is 1. The molecule has 1 aromatic carbocycles. The predicted octanol–water partition coefficient (Wildman–Crippen LogP) is 3.98. The summed E-state index contributed by atoms with van der Waals surface area (Å²) in [6, 6.07) is 11.6. The fourth-order valence-corrected chi connectivity index (χ4v) is 4.77. The summed E-state index contributed by atoms with van der Waals surface area (Å²) in [5.41, 5.74) is 2.76. The number of benzene rings is 1. The molecule has 2 aliphatic heterocycles. The van der Waals surface area contributed by atoms with E-state index in [2.05, 4.69) is 9.88 Å². The van der Waals surface area contributed by atoms with Gasteiger partial charge in [-0.05, 0) is 62.4 Å². The van der Waals surface area contributed by atoms with E-state index in [9.17, 15) is 9.18 Å². The van der Waals surface area contributed by atoms with E-state index < -0.39 is 0 Å². The summed E-state index contributed by atoms with van der Waals surface area (Å²) in [4.78, 5) is 21.3. The lowest BCUT2D eigenvalue weighted by Gasteiger charge is -2.47. The van der Waals surface area contributed by atoms with E-state index in [0.717, 1.165) is 63.1 Å². The van der Waals surface area contributed by atoms with Gasteiger partial charge in [0.25, 0.3) is 0 Å². The van der Waals surface area contributed by atoms with Gasteiger partial charge in [0.15, 0.2) is 0 Å². The van der Waals surface area contributed by atoms with E-state index in [-0.39, 0.29) is 17.1 Å². The fourth-order valence-electron chi connectivity index (χ4n) is 4.77. The molecule has 2 aliphatic rings. The van der Waals surface area contributed by atoms with Crippen molar-refractivity contribution in [2.75, 3.05) is 26.2 Å². The van der Waals surface area contributed by atoms with Crippen LogP contribution in [0.4, 0.5) is 4.39 Å². The molecule has 4 rings (SSSR count). The molecule has 2 aromatic rings. The number of hydrogen-bond acceptors (Lipinski definition) is 3. The van der Waals surface area contributed by atoms with Crippen LogP contribution >= 0.6 is 0 Å². The van der Waals surface area contributed by atoms with Gasteiger partial charge in [-0.3, -0.25) is 14.7 Å². The summed E-state index contributed by atoms with van der Waals surface area (Å²) in [5.74, 6) is 0.201. The van der Waals surface area contributed by atoms with Gasteiger partial charge in [-0.15, -0.1) is 0 Å². The number of aryl methyl sites for hydroxylation is 1. The molecule has 1 amide bonds. The highest BCUT2D eigenvalue weighted by atomic mass is 19.1. The molecular weight excluding hydrogens is 365 g/mol. The highest BCUT2D eigenvalue weighted by Crippen LogP contribution is 2.40. The molecule has 1 aromatic heterocycles. The summed E-state index contributed by atoms with van der Waals surface area (Å²) in [6.07, 6.45) is 6.40. The Kier molecular flexibility index (Phi) is 5.95. The Morgan fingerprint density at radius 3 is 2.69 bits per heavy atom. The lowest BCUT2D eigenvalue weighted by atomic mass is 9.72. The number of pyridine rings is 1. The molecule has 1 spiro atoms. The Morgan fingerprint density at radius 1 is 1.10 bits per heavy atom. The van der Waals surface area contributed by atoms with E-state index in [1.807, 2.05) is 54.4 Å². The molecule has 0 saturated carbocycles. The van der Waals surface area contributed by atoms with Crippen molar-refractivity contribution in [3.05, 3.63) is 65.2 Å². The molecule has 2 saturated heterocycles. The molecule has 29 heavy (non-hydrogen) atoms. The van der Waals surface area contributed by atoms with Crippen LogP contribution in [0, 0.1) is 18.2 Å². The second kappa shape index (κ2) is 8.62. The van der Waals surface area contributed by atoms with Crippen molar-refractivity contribution in [2.45, 2.75) is 45.6 Å². The molecule has 0 bridgehead atoms. The number of amides is 1. The summed E-state index contributed by atoms with van der Waals surface area (Å²) in [7, 11) is 0. The molecule has 0 radical (unpaired) electrons. The maximum atomic E-state index is 14.3. The molecule has 0 N–H and O–H groups in total. The van der Waals surface area contributed by atoms with Gasteiger partial charge in [0, 0.05) is 49.9 Å². The van der Waals surface area contributed by atoms with Crippen LogP contribution in [-0.2, 0) is 17.8 Å². The average molecular weight is 396 g/mol. The molecule has 0 atom stereocenters. The number of halogens is 1. The van der Waals surface area contributed by atoms with Gasteiger partial charge in [-0.2, -0.15) is 0 Å². The summed E-state index contributed by atoms with van der Waals surface area (Å²) in [5, 5.41) is 0. The summed E-state index contributed by atoms with van der Waals surface area (Å²) >= 11 is 0. The topological polar surface area (TPSA) is 36.4 Å². The van der Waals surface area contributed by atoms with E-state index >= 15 is 0 Å².